The summed E-state index contributed by atoms with van der Waals surface area (Å²) in [6.45, 7) is 4.28. The summed E-state index contributed by atoms with van der Waals surface area (Å²) in [5, 5.41) is 11.4. The minimum Gasteiger partial charge on any atom is -0.355 e. The summed E-state index contributed by atoms with van der Waals surface area (Å²) in [6.07, 6.45) is 4.32. The van der Waals surface area contributed by atoms with Crippen LogP contribution in [-0.2, 0) is 0 Å². The van der Waals surface area contributed by atoms with Crippen molar-refractivity contribution in [2.45, 2.75) is 13.8 Å². The Morgan fingerprint density at radius 1 is 0.621 bits per heavy atom. The molecule has 0 heterocycles. The van der Waals surface area contributed by atoms with Gasteiger partial charge in [-0.25, -0.2) is 0 Å². The summed E-state index contributed by atoms with van der Waals surface area (Å²) in [6, 6.07) is 30.4. The second kappa shape index (κ2) is 7.10. The monoisotopic (exact) mass is 373 g/mol. The number of nitrogens with one attached hydrogen (secondary N) is 1. The molecule has 1 heteroatoms. The molecule has 140 valence electrons. The molecule has 0 aliphatic carbocycles. The smallest absolute Gasteiger partial charge is 0.0470 e. The summed E-state index contributed by atoms with van der Waals surface area (Å²) in [5.41, 5.74) is 4.83. The van der Waals surface area contributed by atoms with E-state index < -0.39 is 0 Å². The lowest BCUT2D eigenvalue weighted by atomic mass is 9.96. The van der Waals surface area contributed by atoms with Gasteiger partial charge in [-0.1, -0.05) is 84.9 Å². The molecule has 5 rings (SSSR count). The van der Waals surface area contributed by atoms with Gasteiger partial charge in [0.15, 0.2) is 0 Å². The molecule has 0 atom stereocenters. The van der Waals surface area contributed by atoms with Crippen LogP contribution in [0.3, 0.4) is 0 Å². The highest BCUT2D eigenvalue weighted by molar-refractivity contribution is 6.13. The van der Waals surface area contributed by atoms with Crippen molar-refractivity contribution in [1.82, 2.24) is 0 Å². The van der Waals surface area contributed by atoms with Crippen molar-refractivity contribution in [3.8, 4) is 0 Å². The van der Waals surface area contributed by atoms with Crippen LogP contribution in [0.15, 0.2) is 91.0 Å². The summed E-state index contributed by atoms with van der Waals surface area (Å²) < 4.78 is 0. The molecular formula is C28H23N. The third-order valence-corrected chi connectivity index (χ3v) is 5.73. The molecule has 0 aliphatic rings. The molecule has 1 nitrogen and oxygen atoms in total. The van der Waals surface area contributed by atoms with Crippen molar-refractivity contribution in [3.05, 3.63) is 102 Å². The van der Waals surface area contributed by atoms with Crippen LogP contribution >= 0.6 is 0 Å². The molecule has 0 bridgehead atoms. The van der Waals surface area contributed by atoms with Gasteiger partial charge < -0.3 is 5.32 Å². The molecule has 0 saturated heterocycles. The lowest BCUT2D eigenvalue weighted by Gasteiger charge is -2.17. The van der Waals surface area contributed by atoms with E-state index in [9.17, 15) is 0 Å². The Bertz CT molecular complexity index is 1390. The van der Waals surface area contributed by atoms with Crippen molar-refractivity contribution < 1.29 is 0 Å². The predicted molar refractivity (Wildman–Crippen MR) is 128 cm³/mol. The molecule has 0 spiro atoms. The topological polar surface area (TPSA) is 12.0 Å². The fourth-order valence-corrected chi connectivity index (χ4v) is 4.29. The van der Waals surface area contributed by atoms with E-state index in [0.29, 0.717) is 0 Å². The molecule has 5 aromatic carbocycles. The van der Waals surface area contributed by atoms with Gasteiger partial charge in [-0.05, 0) is 64.0 Å². The van der Waals surface area contributed by atoms with Crippen LogP contribution < -0.4 is 5.32 Å². The van der Waals surface area contributed by atoms with Gasteiger partial charge in [-0.2, -0.15) is 0 Å². The Morgan fingerprint density at radius 3 is 1.90 bits per heavy atom. The lowest BCUT2D eigenvalue weighted by molar-refractivity contribution is 1.44. The molecule has 29 heavy (non-hydrogen) atoms. The van der Waals surface area contributed by atoms with Gasteiger partial charge in [0, 0.05) is 16.8 Å². The quantitative estimate of drug-likeness (QED) is 0.314. The maximum atomic E-state index is 3.76. The predicted octanol–water partition coefficient (Wildman–Crippen LogP) is 8.23. The molecule has 0 saturated carbocycles. The lowest BCUT2D eigenvalue weighted by Crippen LogP contribution is -1.97. The minimum absolute atomic E-state index is 1.14. The standard InChI is InChI=1S/C28H23N/c1-3-10-22-19(2)27(17-20-11-4-6-13-23(20)22)29-28-18-21-12-5-7-14-24(21)25-15-8-9-16-26(25)28/h3-18,29H,1-2H3/b10-3-. The highest BCUT2D eigenvalue weighted by Gasteiger charge is 2.11. The number of fused-ring (bicyclic) bond motifs is 4. The van der Waals surface area contributed by atoms with Crippen LogP contribution in [0.5, 0.6) is 0 Å². The van der Waals surface area contributed by atoms with Crippen LogP contribution in [0, 0.1) is 6.92 Å². The summed E-state index contributed by atoms with van der Waals surface area (Å²) in [7, 11) is 0. The highest BCUT2D eigenvalue weighted by Crippen LogP contribution is 2.36. The number of anilines is 2. The van der Waals surface area contributed by atoms with E-state index in [0.717, 1.165) is 11.4 Å². The molecule has 0 aliphatic heterocycles. The zero-order valence-electron chi connectivity index (χ0n) is 16.7. The van der Waals surface area contributed by atoms with E-state index in [2.05, 4.69) is 116 Å². The average molecular weight is 373 g/mol. The fourth-order valence-electron chi connectivity index (χ4n) is 4.29. The molecule has 0 fully saturated rings. The Balaban J connectivity index is 1.76. The third kappa shape index (κ3) is 2.96. The molecule has 5 aromatic rings. The summed E-state index contributed by atoms with van der Waals surface area (Å²) in [4.78, 5) is 0. The second-order valence-corrected chi connectivity index (χ2v) is 7.50. The average Bonchev–Trinajstić information content (AvgIpc) is 2.77. The zero-order valence-corrected chi connectivity index (χ0v) is 16.7. The van der Waals surface area contributed by atoms with Crippen LogP contribution in [0.4, 0.5) is 11.4 Å². The maximum Gasteiger partial charge on any atom is 0.0470 e. The van der Waals surface area contributed by atoms with Crippen LogP contribution in [0.1, 0.15) is 18.1 Å². The normalized spacial score (nSPS) is 11.7. The van der Waals surface area contributed by atoms with Crippen molar-refractivity contribution in [1.29, 1.82) is 0 Å². The van der Waals surface area contributed by atoms with Crippen LogP contribution in [0.2, 0.25) is 0 Å². The van der Waals surface area contributed by atoms with E-state index in [1.54, 1.807) is 0 Å². The number of benzene rings is 5. The molecule has 0 aromatic heterocycles. The first-order chi connectivity index (χ1) is 14.3. The van der Waals surface area contributed by atoms with Crippen LogP contribution in [0.25, 0.3) is 38.4 Å². The van der Waals surface area contributed by atoms with E-state index in [1.807, 2.05) is 0 Å². The number of allylic oxidation sites excluding steroid dienone is 1. The van der Waals surface area contributed by atoms with Crippen molar-refractivity contribution in [2.75, 3.05) is 5.32 Å². The molecular weight excluding hydrogens is 350 g/mol. The number of rotatable bonds is 3. The van der Waals surface area contributed by atoms with E-state index in [1.165, 1.54) is 43.4 Å². The zero-order chi connectivity index (χ0) is 19.8. The SMILES string of the molecule is C/C=C\c1c(C)c(Nc2cc3ccccc3c3ccccc23)cc2ccccc12. The summed E-state index contributed by atoms with van der Waals surface area (Å²) >= 11 is 0. The minimum atomic E-state index is 1.14. The van der Waals surface area contributed by atoms with Crippen molar-refractivity contribution in [2.24, 2.45) is 0 Å². The molecule has 1 N–H and O–H groups in total. The van der Waals surface area contributed by atoms with Crippen LogP contribution in [-0.4, -0.2) is 0 Å². The van der Waals surface area contributed by atoms with E-state index in [4.69, 9.17) is 0 Å². The van der Waals surface area contributed by atoms with Crippen molar-refractivity contribution in [3.63, 3.8) is 0 Å². The van der Waals surface area contributed by atoms with Gasteiger partial charge in [0.05, 0.1) is 0 Å². The molecule has 0 unspecified atom stereocenters. The second-order valence-electron chi connectivity index (χ2n) is 7.50. The number of hydrogen-bond donors (Lipinski definition) is 1. The highest BCUT2D eigenvalue weighted by atomic mass is 14.9. The van der Waals surface area contributed by atoms with Gasteiger partial charge in [0.1, 0.15) is 0 Å². The first kappa shape index (κ1) is 17.5. The molecule has 0 radical (unpaired) electrons. The first-order valence-electron chi connectivity index (χ1n) is 10.1. The van der Waals surface area contributed by atoms with Gasteiger partial charge >= 0.3 is 0 Å². The largest absolute Gasteiger partial charge is 0.355 e. The Labute approximate surface area is 171 Å². The fraction of sp³-hybridized carbons (Fsp3) is 0.0714. The van der Waals surface area contributed by atoms with Gasteiger partial charge in [0.2, 0.25) is 0 Å². The maximum absolute atomic E-state index is 3.76. The Morgan fingerprint density at radius 2 is 1.17 bits per heavy atom. The van der Waals surface area contributed by atoms with Gasteiger partial charge in [-0.15, -0.1) is 0 Å². The first-order valence-corrected chi connectivity index (χ1v) is 10.1. The third-order valence-electron chi connectivity index (χ3n) is 5.73. The molecule has 0 amide bonds. The number of hydrogen-bond acceptors (Lipinski definition) is 1. The van der Waals surface area contributed by atoms with E-state index >= 15 is 0 Å². The Hall–Kier alpha value is -3.58. The van der Waals surface area contributed by atoms with E-state index in [-0.39, 0.29) is 0 Å². The van der Waals surface area contributed by atoms with Crippen molar-refractivity contribution >= 4 is 49.8 Å². The van der Waals surface area contributed by atoms with Gasteiger partial charge in [0.25, 0.3) is 0 Å². The van der Waals surface area contributed by atoms with Gasteiger partial charge in [-0.3, -0.25) is 0 Å². The Kier molecular flexibility index (Phi) is 4.29. The summed E-state index contributed by atoms with van der Waals surface area (Å²) in [5.74, 6) is 0.